The number of likely N-dealkylation sites (tertiary alicyclic amines) is 1. The summed E-state index contributed by atoms with van der Waals surface area (Å²) in [6.07, 6.45) is 3.92. The predicted octanol–water partition coefficient (Wildman–Crippen LogP) is 2.14. The van der Waals surface area contributed by atoms with Crippen LogP contribution >= 0.6 is 0 Å². The molecule has 1 saturated heterocycles. The van der Waals surface area contributed by atoms with Crippen molar-refractivity contribution < 1.29 is 14.1 Å². The van der Waals surface area contributed by atoms with Crippen LogP contribution in [0.4, 0.5) is 0 Å². The average Bonchev–Trinajstić information content (AvgIpc) is 3.16. The van der Waals surface area contributed by atoms with Crippen molar-refractivity contribution in [3.8, 4) is 0 Å². The summed E-state index contributed by atoms with van der Waals surface area (Å²) >= 11 is 0. The van der Waals surface area contributed by atoms with Crippen LogP contribution in [-0.4, -0.2) is 40.4 Å². The molecule has 126 valence electrons. The molecule has 1 atom stereocenters. The lowest BCUT2D eigenvalue weighted by molar-refractivity contribution is -0.129. The van der Waals surface area contributed by atoms with Crippen molar-refractivity contribution in [2.75, 3.05) is 13.6 Å². The van der Waals surface area contributed by atoms with E-state index in [0.717, 1.165) is 31.4 Å². The van der Waals surface area contributed by atoms with Crippen LogP contribution in [-0.2, 0) is 4.79 Å². The Hall–Kier alpha value is -2.44. The second-order valence-electron chi connectivity index (χ2n) is 6.57. The first-order valence-corrected chi connectivity index (χ1v) is 8.39. The maximum atomic E-state index is 12.4. The first-order chi connectivity index (χ1) is 11.6. The highest BCUT2D eigenvalue weighted by Crippen LogP contribution is 2.42. The molecule has 1 aliphatic heterocycles. The molecule has 24 heavy (non-hydrogen) atoms. The molecule has 2 aromatic heterocycles. The fourth-order valence-corrected chi connectivity index (χ4v) is 3.55. The van der Waals surface area contributed by atoms with E-state index in [1.54, 1.807) is 18.9 Å². The van der Waals surface area contributed by atoms with Crippen LogP contribution in [0.3, 0.4) is 0 Å². The van der Waals surface area contributed by atoms with Gasteiger partial charge >= 0.3 is 0 Å². The molecule has 7 nitrogen and oxygen atoms in total. The van der Waals surface area contributed by atoms with Crippen molar-refractivity contribution in [1.82, 2.24) is 20.4 Å². The molecule has 1 aliphatic carbocycles. The van der Waals surface area contributed by atoms with Gasteiger partial charge in [0.15, 0.2) is 0 Å². The Kier molecular flexibility index (Phi) is 3.51. The highest BCUT2D eigenvalue weighted by atomic mass is 16.5. The largest absolute Gasteiger partial charge is 0.355 e. The van der Waals surface area contributed by atoms with Crippen molar-refractivity contribution >= 4 is 22.9 Å². The number of carbonyl (C=O) groups excluding carboxylic acids is 2. The van der Waals surface area contributed by atoms with E-state index in [9.17, 15) is 9.59 Å². The van der Waals surface area contributed by atoms with Gasteiger partial charge in [0.25, 0.3) is 11.6 Å². The number of fused-ring (bicyclic) bond motifs is 1. The zero-order chi connectivity index (χ0) is 16.8. The van der Waals surface area contributed by atoms with Gasteiger partial charge in [0.05, 0.1) is 17.0 Å². The fourth-order valence-electron chi connectivity index (χ4n) is 3.55. The Morgan fingerprint density at radius 3 is 2.79 bits per heavy atom. The van der Waals surface area contributed by atoms with E-state index < -0.39 is 0 Å². The number of hydrogen-bond acceptors (Lipinski definition) is 5. The molecule has 7 heteroatoms. The summed E-state index contributed by atoms with van der Waals surface area (Å²) in [4.78, 5) is 30.7. The van der Waals surface area contributed by atoms with Gasteiger partial charge in [-0.25, -0.2) is 4.98 Å². The van der Waals surface area contributed by atoms with Gasteiger partial charge < -0.3 is 14.7 Å². The van der Waals surface area contributed by atoms with Gasteiger partial charge in [-0.15, -0.1) is 0 Å². The number of amides is 2. The molecular weight excluding hydrogens is 308 g/mol. The Balaban J connectivity index is 1.88. The minimum absolute atomic E-state index is 0.0118. The lowest BCUT2D eigenvalue weighted by Crippen LogP contribution is -2.28. The topological polar surface area (TPSA) is 88.3 Å². The monoisotopic (exact) mass is 328 g/mol. The third-order valence-electron chi connectivity index (χ3n) is 4.93. The molecule has 4 rings (SSSR count). The van der Waals surface area contributed by atoms with Crippen molar-refractivity contribution in [2.24, 2.45) is 0 Å². The molecular formula is C17H20N4O3. The number of pyridine rings is 1. The van der Waals surface area contributed by atoms with Crippen LogP contribution in [0.2, 0.25) is 0 Å². The summed E-state index contributed by atoms with van der Waals surface area (Å²) in [5.41, 5.74) is 2.46. The summed E-state index contributed by atoms with van der Waals surface area (Å²) in [6, 6.07) is 1.70. The molecule has 2 fully saturated rings. The molecule has 3 heterocycles. The zero-order valence-corrected chi connectivity index (χ0v) is 13.8. The Morgan fingerprint density at radius 1 is 1.33 bits per heavy atom. The molecule has 2 aliphatic rings. The van der Waals surface area contributed by atoms with Crippen LogP contribution in [0.5, 0.6) is 0 Å². The molecule has 0 radical (unpaired) electrons. The summed E-state index contributed by atoms with van der Waals surface area (Å²) < 4.78 is 5.46. The second-order valence-corrected chi connectivity index (χ2v) is 6.57. The van der Waals surface area contributed by atoms with Gasteiger partial charge in [-0.05, 0) is 31.7 Å². The van der Waals surface area contributed by atoms with Gasteiger partial charge in [-0.2, -0.15) is 0 Å². The van der Waals surface area contributed by atoms with Crippen LogP contribution < -0.4 is 5.32 Å². The molecule has 0 bridgehead atoms. The number of hydrogen-bond donors (Lipinski definition) is 1. The number of nitrogens with zero attached hydrogens (tertiary/aromatic N) is 3. The highest BCUT2D eigenvalue weighted by molar-refractivity contribution is 6.06. The highest BCUT2D eigenvalue weighted by Gasteiger charge is 2.35. The number of aromatic nitrogens is 2. The average molecular weight is 328 g/mol. The van der Waals surface area contributed by atoms with Crippen molar-refractivity contribution in [3.05, 3.63) is 23.0 Å². The normalized spacial score (nSPS) is 20.6. The van der Waals surface area contributed by atoms with Gasteiger partial charge in [-0.1, -0.05) is 5.16 Å². The lowest BCUT2D eigenvalue weighted by atomic mass is 10.0. The lowest BCUT2D eigenvalue weighted by Gasteiger charge is -2.21. The smallest absolute Gasteiger partial charge is 0.259 e. The Labute approximate surface area is 139 Å². The van der Waals surface area contributed by atoms with E-state index in [1.807, 2.05) is 6.07 Å². The summed E-state index contributed by atoms with van der Waals surface area (Å²) in [6.45, 7) is 2.26. The Bertz CT molecular complexity index is 825. The Morgan fingerprint density at radius 2 is 2.12 bits per heavy atom. The second kappa shape index (κ2) is 5.58. The van der Waals surface area contributed by atoms with E-state index in [1.165, 1.54) is 0 Å². The molecule has 2 aromatic rings. The van der Waals surface area contributed by atoms with E-state index in [2.05, 4.69) is 15.5 Å². The predicted molar refractivity (Wildman–Crippen MR) is 86.5 cm³/mol. The first kappa shape index (κ1) is 15.1. The SMILES string of the molecule is CNC(=O)c1cc(C2CC2)nc2onc(C3CCCN3C(C)=O)c12. The number of nitrogens with one attached hydrogen (secondary N) is 1. The van der Waals surface area contributed by atoms with Crippen LogP contribution in [0.1, 0.15) is 66.3 Å². The van der Waals surface area contributed by atoms with Gasteiger partial charge in [0.1, 0.15) is 5.69 Å². The van der Waals surface area contributed by atoms with Crippen molar-refractivity contribution in [2.45, 2.75) is 44.6 Å². The quantitative estimate of drug-likeness (QED) is 0.932. The van der Waals surface area contributed by atoms with Crippen LogP contribution in [0.25, 0.3) is 11.1 Å². The third-order valence-corrected chi connectivity index (χ3v) is 4.93. The van der Waals surface area contributed by atoms with Crippen molar-refractivity contribution in [3.63, 3.8) is 0 Å². The minimum atomic E-state index is -0.180. The van der Waals surface area contributed by atoms with Crippen LogP contribution in [0, 0.1) is 0 Å². The van der Waals surface area contributed by atoms with Gasteiger partial charge in [-0.3, -0.25) is 9.59 Å². The summed E-state index contributed by atoms with van der Waals surface area (Å²) in [5, 5.41) is 7.52. The third kappa shape index (κ3) is 2.35. The zero-order valence-electron chi connectivity index (χ0n) is 13.8. The maximum Gasteiger partial charge on any atom is 0.259 e. The standard InChI is InChI=1S/C17H20N4O3/c1-9(22)21-7-3-4-13(21)15-14-11(16(23)18-2)8-12(10-5-6-10)19-17(14)24-20-15/h8,10,13H,3-7H2,1-2H3,(H,18,23). The molecule has 1 N–H and O–H groups in total. The first-order valence-electron chi connectivity index (χ1n) is 8.39. The summed E-state index contributed by atoms with van der Waals surface area (Å²) in [5.74, 6) is 0.241. The number of rotatable bonds is 3. The molecule has 1 unspecified atom stereocenters. The van der Waals surface area contributed by atoms with Crippen molar-refractivity contribution in [1.29, 1.82) is 0 Å². The summed E-state index contributed by atoms with van der Waals surface area (Å²) in [7, 11) is 1.61. The number of carbonyl (C=O) groups is 2. The van der Waals surface area contributed by atoms with Crippen LogP contribution in [0.15, 0.2) is 10.6 Å². The fraction of sp³-hybridized carbons (Fsp3) is 0.529. The molecule has 0 aromatic carbocycles. The maximum absolute atomic E-state index is 12.4. The van der Waals surface area contributed by atoms with Gasteiger partial charge in [0.2, 0.25) is 5.91 Å². The van der Waals surface area contributed by atoms with E-state index in [0.29, 0.717) is 34.8 Å². The van der Waals surface area contributed by atoms with E-state index in [-0.39, 0.29) is 17.9 Å². The molecule has 0 spiro atoms. The van der Waals surface area contributed by atoms with Gasteiger partial charge in [0, 0.05) is 32.1 Å². The molecule has 2 amide bonds. The minimum Gasteiger partial charge on any atom is -0.355 e. The van der Waals surface area contributed by atoms with E-state index in [4.69, 9.17) is 4.52 Å². The van der Waals surface area contributed by atoms with E-state index >= 15 is 0 Å². The molecule has 1 saturated carbocycles.